The van der Waals surface area contributed by atoms with E-state index >= 15 is 0 Å². The molecule has 1 heterocycles. The number of carbonyl (C=O) groups excluding carboxylic acids is 1. The van der Waals surface area contributed by atoms with Crippen molar-refractivity contribution in [3.05, 3.63) is 48.4 Å². The summed E-state index contributed by atoms with van der Waals surface area (Å²) >= 11 is 1.63. The second kappa shape index (κ2) is 6.16. The lowest BCUT2D eigenvalue weighted by Crippen LogP contribution is -2.27. The Hall–Kier alpha value is -1.88. The molecule has 0 aliphatic rings. The van der Waals surface area contributed by atoms with Gasteiger partial charge < -0.3 is 15.1 Å². The Balaban J connectivity index is 1.86. The molecule has 2 rings (SSSR count). The first kappa shape index (κ1) is 12.6. The summed E-state index contributed by atoms with van der Waals surface area (Å²) < 4.78 is 5.12. The van der Waals surface area contributed by atoms with Crippen LogP contribution >= 0.6 is 11.8 Å². The van der Waals surface area contributed by atoms with Crippen LogP contribution in [0.4, 0.5) is 10.5 Å². The first-order valence-electron chi connectivity index (χ1n) is 5.49. The van der Waals surface area contributed by atoms with Crippen molar-refractivity contribution in [2.45, 2.75) is 11.4 Å². The molecule has 94 valence electrons. The number of carbonyl (C=O) groups is 1. The number of thioether (sulfide) groups is 1. The smallest absolute Gasteiger partial charge is 0.319 e. The number of urea groups is 1. The number of benzene rings is 1. The molecule has 2 aromatic rings. The Morgan fingerprint density at radius 1 is 1.33 bits per heavy atom. The standard InChI is InChI=1S/C13H14N2O2S/c1-18-12-6-2-4-10(8-12)15-13(16)14-9-11-5-3-7-17-11/h2-8H,9H2,1H3,(H2,14,15,16). The Morgan fingerprint density at radius 2 is 2.22 bits per heavy atom. The third kappa shape index (κ3) is 3.56. The summed E-state index contributed by atoms with van der Waals surface area (Å²) in [4.78, 5) is 12.7. The molecule has 1 aromatic heterocycles. The number of anilines is 1. The van der Waals surface area contributed by atoms with Crippen LogP contribution in [0.1, 0.15) is 5.76 Å². The maximum absolute atomic E-state index is 11.6. The summed E-state index contributed by atoms with van der Waals surface area (Å²) in [5, 5.41) is 5.49. The van der Waals surface area contributed by atoms with Gasteiger partial charge in [0.1, 0.15) is 5.76 Å². The van der Waals surface area contributed by atoms with Crippen LogP contribution < -0.4 is 10.6 Å². The predicted octanol–water partition coefficient (Wildman–Crippen LogP) is 3.32. The fourth-order valence-corrected chi connectivity index (χ4v) is 1.92. The number of hydrogen-bond acceptors (Lipinski definition) is 3. The molecule has 0 saturated heterocycles. The second-order valence-electron chi connectivity index (χ2n) is 3.62. The van der Waals surface area contributed by atoms with E-state index in [0.29, 0.717) is 6.54 Å². The van der Waals surface area contributed by atoms with Gasteiger partial charge in [0.2, 0.25) is 0 Å². The summed E-state index contributed by atoms with van der Waals surface area (Å²) in [5.74, 6) is 0.725. The highest BCUT2D eigenvalue weighted by Crippen LogP contribution is 2.18. The molecule has 0 bridgehead atoms. The lowest BCUT2D eigenvalue weighted by molar-refractivity contribution is 0.251. The fraction of sp³-hybridized carbons (Fsp3) is 0.154. The molecule has 0 saturated carbocycles. The van der Waals surface area contributed by atoms with Gasteiger partial charge in [-0.1, -0.05) is 6.07 Å². The molecule has 0 fully saturated rings. The van der Waals surface area contributed by atoms with Crippen LogP contribution in [0.2, 0.25) is 0 Å². The lowest BCUT2D eigenvalue weighted by atomic mass is 10.3. The topological polar surface area (TPSA) is 54.3 Å². The van der Waals surface area contributed by atoms with Gasteiger partial charge >= 0.3 is 6.03 Å². The zero-order valence-corrected chi connectivity index (χ0v) is 10.8. The summed E-state index contributed by atoms with van der Waals surface area (Å²) in [7, 11) is 0. The van der Waals surface area contributed by atoms with E-state index in [1.807, 2.05) is 36.6 Å². The minimum Gasteiger partial charge on any atom is -0.467 e. The van der Waals surface area contributed by atoms with Crippen molar-refractivity contribution in [3.8, 4) is 0 Å². The van der Waals surface area contributed by atoms with Gasteiger partial charge in [0, 0.05) is 10.6 Å². The van der Waals surface area contributed by atoms with Gasteiger partial charge in [0.15, 0.2) is 0 Å². The average Bonchev–Trinajstić information content (AvgIpc) is 2.90. The summed E-state index contributed by atoms with van der Waals surface area (Å²) in [5.41, 5.74) is 0.777. The molecule has 2 amide bonds. The molecule has 5 heteroatoms. The molecule has 0 aliphatic heterocycles. The molecular formula is C13H14N2O2S. The van der Waals surface area contributed by atoms with Gasteiger partial charge in [0.25, 0.3) is 0 Å². The van der Waals surface area contributed by atoms with E-state index < -0.39 is 0 Å². The van der Waals surface area contributed by atoms with Crippen LogP contribution in [0, 0.1) is 0 Å². The van der Waals surface area contributed by atoms with E-state index in [0.717, 1.165) is 16.3 Å². The van der Waals surface area contributed by atoms with Crippen molar-refractivity contribution in [2.75, 3.05) is 11.6 Å². The third-order valence-corrected chi connectivity index (χ3v) is 3.06. The number of rotatable bonds is 4. The predicted molar refractivity (Wildman–Crippen MR) is 72.8 cm³/mol. The first-order valence-corrected chi connectivity index (χ1v) is 6.71. The molecule has 0 atom stereocenters. The molecule has 18 heavy (non-hydrogen) atoms. The zero-order chi connectivity index (χ0) is 12.8. The van der Waals surface area contributed by atoms with Crippen molar-refractivity contribution in [3.63, 3.8) is 0 Å². The van der Waals surface area contributed by atoms with Crippen molar-refractivity contribution >= 4 is 23.5 Å². The average molecular weight is 262 g/mol. The summed E-state index contributed by atoms with van der Waals surface area (Å²) in [6, 6.07) is 11.0. The normalized spacial score (nSPS) is 10.1. The molecule has 4 nitrogen and oxygen atoms in total. The monoisotopic (exact) mass is 262 g/mol. The molecule has 0 spiro atoms. The number of nitrogens with one attached hydrogen (secondary N) is 2. The van der Waals surface area contributed by atoms with E-state index in [9.17, 15) is 4.79 Å². The molecule has 2 N–H and O–H groups in total. The van der Waals surface area contributed by atoms with Crippen LogP contribution in [0.15, 0.2) is 52.0 Å². The van der Waals surface area contributed by atoms with E-state index in [1.165, 1.54) is 0 Å². The Morgan fingerprint density at radius 3 is 2.94 bits per heavy atom. The second-order valence-corrected chi connectivity index (χ2v) is 4.50. The van der Waals surface area contributed by atoms with Crippen molar-refractivity contribution in [1.29, 1.82) is 0 Å². The molecule has 0 unspecified atom stereocenters. The van der Waals surface area contributed by atoms with Crippen LogP contribution in [0.3, 0.4) is 0 Å². The van der Waals surface area contributed by atoms with Crippen LogP contribution in [0.5, 0.6) is 0 Å². The van der Waals surface area contributed by atoms with E-state index in [4.69, 9.17) is 4.42 Å². The van der Waals surface area contributed by atoms with Crippen LogP contribution in [-0.4, -0.2) is 12.3 Å². The van der Waals surface area contributed by atoms with Gasteiger partial charge in [-0.05, 0) is 36.6 Å². The minimum absolute atomic E-state index is 0.246. The SMILES string of the molecule is CSc1cccc(NC(=O)NCc2ccco2)c1. The Bertz CT molecular complexity index is 511. The summed E-state index contributed by atoms with van der Waals surface area (Å²) in [6.07, 6.45) is 3.58. The molecule has 0 radical (unpaired) electrons. The van der Waals surface area contributed by atoms with Crippen molar-refractivity contribution < 1.29 is 9.21 Å². The largest absolute Gasteiger partial charge is 0.467 e. The van der Waals surface area contributed by atoms with E-state index in [1.54, 1.807) is 24.1 Å². The highest BCUT2D eigenvalue weighted by atomic mass is 32.2. The highest BCUT2D eigenvalue weighted by Gasteiger charge is 2.03. The van der Waals surface area contributed by atoms with Gasteiger partial charge in [-0.3, -0.25) is 0 Å². The number of amides is 2. The van der Waals surface area contributed by atoms with Crippen LogP contribution in [0.25, 0.3) is 0 Å². The third-order valence-electron chi connectivity index (χ3n) is 2.33. The maximum Gasteiger partial charge on any atom is 0.319 e. The van der Waals surface area contributed by atoms with Gasteiger partial charge in [-0.15, -0.1) is 11.8 Å². The molecule has 1 aromatic carbocycles. The fourth-order valence-electron chi connectivity index (χ4n) is 1.46. The van der Waals surface area contributed by atoms with Gasteiger partial charge in [-0.2, -0.15) is 0 Å². The van der Waals surface area contributed by atoms with E-state index in [2.05, 4.69) is 10.6 Å². The Kier molecular flexibility index (Phi) is 4.30. The van der Waals surface area contributed by atoms with E-state index in [-0.39, 0.29) is 6.03 Å². The molecule has 0 aliphatic carbocycles. The summed E-state index contributed by atoms with van der Waals surface area (Å²) in [6.45, 7) is 0.376. The quantitative estimate of drug-likeness (QED) is 0.831. The first-order chi connectivity index (χ1) is 8.78. The lowest BCUT2D eigenvalue weighted by Gasteiger charge is -2.07. The van der Waals surface area contributed by atoms with Gasteiger partial charge in [0.05, 0.1) is 12.8 Å². The highest BCUT2D eigenvalue weighted by molar-refractivity contribution is 7.98. The van der Waals surface area contributed by atoms with Crippen molar-refractivity contribution in [1.82, 2.24) is 5.32 Å². The number of hydrogen-bond donors (Lipinski definition) is 2. The molecular weight excluding hydrogens is 248 g/mol. The van der Waals surface area contributed by atoms with Gasteiger partial charge in [-0.25, -0.2) is 4.79 Å². The minimum atomic E-state index is -0.246. The van der Waals surface area contributed by atoms with Crippen molar-refractivity contribution in [2.24, 2.45) is 0 Å². The van der Waals surface area contributed by atoms with Crippen LogP contribution in [-0.2, 0) is 6.54 Å². The maximum atomic E-state index is 11.6. The number of furan rings is 1. The zero-order valence-electron chi connectivity index (χ0n) is 9.97. The Labute approximate surface area is 110 Å².